The quantitative estimate of drug-likeness (QED) is 0.427. The second kappa shape index (κ2) is 6.56. The summed E-state index contributed by atoms with van der Waals surface area (Å²) in [5.74, 6) is 0. The molecule has 0 saturated carbocycles. The van der Waals surface area contributed by atoms with Crippen molar-refractivity contribution in [2.75, 3.05) is 11.9 Å². The zero-order valence-corrected chi connectivity index (χ0v) is 13.8. The summed E-state index contributed by atoms with van der Waals surface area (Å²) in [4.78, 5) is 13.6. The van der Waals surface area contributed by atoms with Crippen LogP contribution in [0, 0.1) is 10.1 Å². The van der Waals surface area contributed by atoms with Gasteiger partial charge in [0.1, 0.15) is 0 Å². The number of thiophene rings is 1. The van der Waals surface area contributed by atoms with Crippen LogP contribution in [0.25, 0.3) is 0 Å². The van der Waals surface area contributed by atoms with Crippen LogP contribution < -0.4 is 4.90 Å². The molecular formula is C13H12BrClN2O2S. The first kappa shape index (κ1) is 15.3. The van der Waals surface area contributed by atoms with E-state index in [0.717, 1.165) is 27.0 Å². The second-order valence-electron chi connectivity index (χ2n) is 4.27. The van der Waals surface area contributed by atoms with E-state index in [4.69, 9.17) is 11.6 Å². The average Bonchev–Trinajstić information content (AvgIpc) is 2.83. The van der Waals surface area contributed by atoms with Crippen LogP contribution in [0.1, 0.15) is 10.4 Å². The third-order valence-corrected chi connectivity index (χ3v) is 4.67. The molecule has 7 heteroatoms. The van der Waals surface area contributed by atoms with E-state index >= 15 is 0 Å². The molecule has 4 nitrogen and oxygen atoms in total. The van der Waals surface area contributed by atoms with Crippen molar-refractivity contribution in [2.45, 2.75) is 11.9 Å². The van der Waals surface area contributed by atoms with Crippen LogP contribution in [0.4, 0.5) is 11.4 Å². The molecule has 0 N–H and O–H groups in total. The standard InChI is InChI=1S/C13H12BrClN2O2S/c1-16(8-11-3-5-13(15)20-11)12-4-2-10(17(18)19)6-9(12)7-14/h2-6H,7-8H2,1H3. The molecule has 0 unspecified atom stereocenters. The van der Waals surface area contributed by atoms with Crippen molar-refractivity contribution in [3.8, 4) is 0 Å². The Morgan fingerprint density at radius 2 is 2.15 bits per heavy atom. The van der Waals surface area contributed by atoms with Gasteiger partial charge in [0.15, 0.2) is 0 Å². The highest BCUT2D eigenvalue weighted by Gasteiger charge is 2.13. The summed E-state index contributed by atoms with van der Waals surface area (Å²) in [6, 6.07) is 8.77. The van der Waals surface area contributed by atoms with E-state index in [9.17, 15) is 10.1 Å². The van der Waals surface area contributed by atoms with Gasteiger partial charge in [-0.25, -0.2) is 0 Å². The Bertz CT molecular complexity index is 633. The first-order chi connectivity index (χ1) is 9.51. The van der Waals surface area contributed by atoms with E-state index in [1.807, 2.05) is 19.2 Å². The van der Waals surface area contributed by atoms with Crippen molar-refractivity contribution in [3.05, 3.63) is 55.2 Å². The summed E-state index contributed by atoms with van der Waals surface area (Å²) in [6.45, 7) is 0.717. The Morgan fingerprint density at radius 1 is 1.40 bits per heavy atom. The molecule has 1 aromatic carbocycles. The largest absolute Gasteiger partial charge is 0.369 e. The Balaban J connectivity index is 2.24. The van der Waals surface area contributed by atoms with Gasteiger partial charge in [0.25, 0.3) is 5.69 Å². The second-order valence-corrected chi connectivity index (χ2v) is 6.63. The maximum absolute atomic E-state index is 10.8. The van der Waals surface area contributed by atoms with E-state index in [0.29, 0.717) is 5.33 Å². The fourth-order valence-electron chi connectivity index (χ4n) is 1.92. The number of benzene rings is 1. The predicted molar refractivity (Wildman–Crippen MR) is 87.2 cm³/mol. The van der Waals surface area contributed by atoms with Crippen molar-refractivity contribution in [1.29, 1.82) is 0 Å². The molecule has 1 aromatic heterocycles. The van der Waals surface area contributed by atoms with Crippen LogP contribution >= 0.6 is 38.9 Å². The van der Waals surface area contributed by atoms with Gasteiger partial charge in [0.05, 0.1) is 15.8 Å². The van der Waals surface area contributed by atoms with Crippen LogP contribution in [0.3, 0.4) is 0 Å². The molecule has 2 aromatic rings. The number of rotatable bonds is 5. The fourth-order valence-corrected chi connectivity index (χ4v) is 3.51. The van der Waals surface area contributed by atoms with Crippen LogP contribution in [0.2, 0.25) is 4.34 Å². The van der Waals surface area contributed by atoms with Crippen molar-refractivity contribution in [2.24, 2.45) is 0 Å². The van der Waals surface area contributed by atoms with Gasteiger partial charge in [-0.3, -0.25) is 10.1 Å². The SMILES string of the molecule is CN(Cc1ccc(Cl)s1)c1ccc([N+](=O)[O-])cc1CBr. The van der Waals surface area contributed by atoms with Gasteiger partial charge in [0, 0.05) is 35.1 Å². The van der Waals surface area contributed by atoms with Gasteiger partial charge in [-0.2, -0.15) is 0 Å². The van der Waals surface area contributed by atoms with Gasteiger partial charge in [-0.1, -0.05) is 27.5 Å². The predicted octanol–water partition coefficient (Wildman–Crippen LogP) is 4.84. The molecule has 0 aliphatic heterocycles. The number of nitro groups is 1. The third-order valence-electron chi connectivity index (χ3n) is 2.85. The summed E-state index contributed by atoms with van der Waals surface area (Å²) < 4.78 is 0.762. The zero-order valence-electron chi connectivity index (χ0n) is 10.7. The zero-order chi connectivity index (χ0) is 14.7. The number of anilines is 1. The monoisotopic (exact) mass is 374 g/mol. The summed E-state index contributed by atoms with van der Waals surface area (Å²) >= 11 is 10.8. The van der Waals surface area contributed by atoms with Crippen molar-refractivity contribution in [1.82, 2.24) is 0 Å². The minimum Gasteiger partial charge on any atom is -0.369 e. The molecule has 106 valence electrons. The summed E-state index contributed by atoms with van der Waals surface area (Å²) in [7, 11) is 1.96. The Morgan fingerprint density at radius 3 is 2.70 bits per heavy atom. The first-order valence-corrected chi connectivity index (χ1v) is 8.11. The number of halogens is 2. The molecule has 2 rings (SSSR count). The molecule has 0 atom stereocenters. The molecule has 0 radical (unpaired) electrons. The van der Waals surface area contributed by atoms with E-state index in [-0.39, 0.29) is 10.6 Å². The molecule has 20 heavy (non-hydrogen) atoms. The highest BCUT2D eigenvalue weighted by Crippen LogP contribution is 2.29. The number of hydrogen-bond acceptors (Lipinski definition) is 4. The molecular weight excluding hydrogens is 364 g/mol. The van der Waals surface area contributed by atoms with E-state index in [2.05, 4.69) is 20.8 Å². The maximum Gasteiger partial charge on any atom is 0.269 e. The first-order valence-electron chi connectivity index (χ1n) is 5.80. The molecule has 0 aliphatic carbocycles. The molecule has 0 saturated heterocycles. The van der Waals surface area contributed by atoms with Crippen LogP contribution in [0.5, 0.6) is 0 Å². The lowest BCUT2D eigenvalue weighted by molar-refractivity contribution is -0.384. The summed E-state index contributed by atoms with van der Waals surface area (Å²) in [5.41, 5.74) is 1.97. The number of nitro benzene ring substituents is 1. The molecule has 0 spiro atoms. The average molecular weight is 376 g/mol. The van der Waals surface area contributed by atoms with Crippen LogP contribution in [-0.4, -0.2) is 12.0 Å². The van der Waals surface area contributed by atoms with Crippen molar-refractivity contribution in [3.63, 3.8) is 0 Å². The topological polar surface area (TPSA) is 46.4 Å². The molecule has 0 amide bonds. The van der Waals surface area contributed by atoms with Gasteiger partial charge in [-0.15, -0.1) is 11.3 Å². The normalized spacial score (nSPS) is 10.6. The highest BCUT2D eigenvalue weighted by atomic mass is 79.9. The number of hydrogen-bond donors (Lipinski definition) is 0. The highest BCUT2D eigenvalue weighted by molar-refractivity contribution is 9.08. The van der Waals surface area contributed by atoms with Gasteiger partial charge >= 0.3 is 0 Å². The molecule has 0 bridgehead atoms. The van der Waals surface area contributed by atoms with Gasteiger partial charge < -0.3 is 4.90 Å². The van der Waals surface area contributed by atoms with Crippen molar-refractivity contribution >= 4 is 50.2 Å². The van der Waals surface area contributed by atoms with E-state index in [1.54, 1.807) is 12.1 Å². The number of non-ortho nitro benzene ring substituents is 1. The summed E-state index contributed by atoms with van der Waals surface area (Å²) in [6.07, 6.45) is 0. The Hall–Kier alpha value is -1.11. The van der Waals surface area contributed by atoms with Crippen molar-refractivity contribution < 1.29 is 4.92 Å². The van der Waals surface area contributed by atoms with Gasteiger partial charge in [-0.05, 0) is 23.8 Å². The fraction of sp³-hybridized carbons (Fsp3) is 0.231. The number of nitrogens with zero attached hydrogens (tertiary/aromatic N) is 2. The van der Waals surface area contributed by atoms with E-state index < -0.39 is 0 Å². The third kappa shape index (κ3) is 3.50. The minimum atomic E-state index is -0.380. The molecule has 0 fully saturated rings. The molecule has 1 heterocycles. The Labute approximate surface area is 134 Å². The maximum atomic E-state index is 10.8. The lowest BCUT2D eigenvalue weighted by Crippen LogP contribution is -2.17. The smallest absolute Gasteiger partial charge is 0.269 e. The van der Waals surface area contributed by atoms with Crippen LogP contribution in [0.15, 0.2) is 30.3 Å². The lowest BCUT2D eigenvalue weighted by Gasteiger charge is -2.21. The number of alkyl halides is 1. The van der Waals surface area contributed by atoms with Gasteiger partial charge in [0.2, 0.25) is 0 Å². The van der Waals surface area contributed by atoms with E-state index in [1.165, 1.54) is 17.4 Å². The minimum absolute atomic E-state index is 0.107. The Kier molecular flexibility index (Phi) is 5.01. The molecule has 0 aliphatic rings. The lowest BCUT2D eigenvalue weighted by atomic mass is 10.1. The van der Waals surface area contributed by atoms with Crippen LogP contribution in [-0.2, 0) is 11.9 Å². The summed E-state index contributed by atoms with van der Waals surface area (Å²) in [5, 5.41) is 11.4.